The van der Waals surface area contributed by atoms with Gasteiger partial charge in [-0.15, -0.1) is 0 Å². The van der Waals surface area contributed by atoms with Crippen molar-refractivity contribution >= 4 is 17.5 Å². The largest absolute Gasteiger partial charge is 0.330 e. The van der Waals surface area contributed by atoms with E-state index in [-0.39, 0.29) is 24.3 Å². The molecule has 1 fully saturated rings. The van der Waals surface area contributed by atoms with Gasteiger partial charge in [-0.05, 0) is 50.7 Å². The molecule has 0 bridgehead atoms. The molecule has 1 aromatic heterocycles. The number of nitrogens with zero attached hydrogens (tertiary/aromatic N) is 3. The highest BCUT2D eigenvalue weighted by molar-refractivity contribution is 6.31. The van der Waals surface area contributed by atoms with E-state index in [4.69, 9.17) is 11.6 Å². The van der Waals surface area contributed by atoms with E-state index in [1.54, 1.807) is 17.0 Å². The number of amides is 1. The molecule has 0 unspecified atom stereocenters. The third-order valence-corrected chi connectivity index (χ3v) is 5.56. The molecule has 1 saturated carbocycles. The van der Waals surface area contributed by atoms with Gasteiger partial charge in [0, 0.05) is 34.9 Å². The summed E-state index contributed by atoms with van der Waals surface area (Å²) in [6.45, 7) is 0.195. The monoisotopic (exact) mass is 361 g/mol. The van der Waals surface area contributed by atoms with Gasteiger partial charge in [-0.1, -0.05) is 17.7 Å². The van der Waals surface area contributed by atoms with Gasteiger partial charge in [-0.2, -0.15) is 5.10 Å². The van der Waals surface area contributed by atoms with Crippen LogP contribution in [-0.4, -0.2) is 26.6 Å². The highest BCUT2D eigenvalue weighted by Gasteiger charge is 2.36. The fraction of sp³-hybridized carbons (Fsp3) is 0.474. The standard InChI is InChI=1S/C19H21ClFN3O/c1-23-17-8-3-2-5-13(17)18(22-23)19(25)24(12-9-10-12)11-14-15(20)6-4-7-16(14)21/h4,6-7,12H,2-3,5,8-11H2,1H3. The van der Waals surface area contributed by atoms with E-state index in [1.807, 2.05) is 11.7 Å². The molecule has 0 atom stereocenters. The van der Waals surface area contributed by atoms with Crippen LogP contribution in [-0.2, 0) is 26.4 Å². The topological polar surface area (TPSA) is 38.1 Å². The second-order valence-corrected chi connectivity index (χ2v) is 7.38. The SMILES string of the molecule is Cn1nc(C(=O)N(Cc2c(F)cccc2Cl)C2CC2)c2c1CCCC2. The summed E-state index contributed by atoms with van der Waals surface area (Å²) in [6, 6.07) is 4.79. The van der Waals surface area contributed by atoms with Crippen LogP contribution in [0.25, 0.3) is 0 Å². The van der Waals surface area contributed by atoms with Crippen LogP contribution in [0.15, 0.2) is 18.2 Å². The Morgan fingerprint density at radius 2 is 2.12 bits per heavy atom. The summed E-state index contributed by atoms with van der Waals surface area (Å²) in [5.74, 6) is -0.463. The van der Waals surface area contributed by atoms with E-state index in [9.17, 15) is 9.18 Å². The number of hydrogen-bond donors (Lipinski definition) is 0. The lowest BCUT2D eigenvalue weighted by atomic mass is 9.95. The molecule has 2 aliphatic carbocycles. The van der Waals surface area contributed by atoms with Crippen molar-refractivity contribution in [3.63, 3.8) is 0 Å². The molecular weight excluding hydrogens is 341 g/mol. The van der Waals surface area contributed by atoms with Crippen LogP contribution in [0.2, 0.25) is 5.02 Å². The van der Waals surface area contributed by atoms with Crippen molar-refractivity contribution < 1.29 is 9.18 Å². The van der Waals surface area contributed by atoms with Crippen molar-refractivity contribution in [2.75, 3.05) is 0 Å². The first-order chi connectivity index (χ1) is 12.1. The molecule has 6 heteroatoms. The second-order valence-electron chi connectivity index (χ2n) is 6.97. The Morgan fingerprint density at radius 1 is 1.36 bits per heavy atom. The van der Waals surface area contributed by atoms with E-state index < -0.39 is 0 Å². The minimum Gasteiger partial charge on any atom is -0.330 e. The van der Waals surface area contributed by atoms with Gasteiger partial charge in [-0.3, -0.25) is 9.48 Å². The van der Waals surface area contributed by atoms with E-state index in [0.29, 0.717) is 16.3 Å². The molecule has 0 radical (unpaired) electrons. The second kappa shape index (κ2) is 6.45. The predicted octanol–water partition coefficient (Wildman–Crippen LogP) is 3.90. The molecule has 2 aromatic rings. The molecule has 0 spiro atoms. The number of rotatable bonds is 4. The van der Waals surface area contributed by atoms with Gasteiger partial charge in [-0.25, -0.2) is 4.39 Å². The summed E-state index contributed by atoms with van der Waals surface area (Å²) in [5, 5.41) is 4.87. The maximum atomic E-state index is 14.2. The first kappa shape index (κ1) is 16.6. The Hall–Kier alpha value is -1.88. The molecule has 0 saturated heterocycles. The normalized spacial score (nSPS) is 16.6. The van der Waals surface area contributed by atoms with E-state index in [2.05, 4.69) is 5.10 Å². The lowest BCUT2D eigenvalue weighted by Crippen LogP contribution is -2.34. The summed E-state index contributed by atoms with van der Waals surface area (Å²) in [5.41, 5.74) is 3.16. The zero-order valence-corrected chi connectivity index (χ0v) is 15.0. The van der Waals surface area contributed by atoms with Crippen LogP contribution in [0.4, 0.5) is 4.39 Å². The summed E-state index contributed by atoms with van der Waals surface area (Å²) in [4.78, 5) is 15.0. The van der Waals surface area contributed by atoms with Crippen LogP contribution in [0.3, 0.4) is 0 Å². The summed E-state index contributed by atoms with van der Waals surface area (Å²) in [6.07, 6.45) is 5.98. The molecular formula is C19H21ClFN3O. The first-order valence-corrected chi connectivity index (χ1v) is 9.22. The van der Waals surface area contributed by atoms with Gasteiger partial charge in [0.1, 0.15) is 5.82 Å². The van der Waals surface area contributed by atoms with Crippen molar-refractivity contribution in [1.82, 2.24) is 14.7 Å². The van der Waals surface area contributed by atoms with Crippen molar-refractivity contribution in [2.24, 2.45) is 7.05 Å². The fourth-order valence-electron chi connectivity index (χ4n) is 3.69. The quantitative estimate of drug-likeness (QED) is 0.828. The van der Waals surface area contributed by atoms with Gasteiger partial charge in [0.25, 0.3) is 5.91 Å². The van der Waals surface area contributed by atoms with Gasteiger partial charge >= 0.3 is 0 Å². The third-order valence-electron chi connectivity index (χ3n) is 5.21. The Morgan fingerprint density at radius 3 is 2.84 bits per heavy atom. The lowest BCUT2D eigenvalue weighted by molar-refractivity contribution is 0.0720. The van der Waals surface area contributed by atoms with Crippen molar-refractivity contribution in [3.05, 3.63) is 51.6 Å². The van der Waals surface area contributed by atoms with Crippen LogP contribution < -0.4 is 0 Å². The van der Waals surface area contributed by atoms with Gasteiger partial charge in [0.2, 0.25) is 0 Å². The Balaban J connectivity index is 1.67. The molecule has 132 valence electrons. The van der Waals surface area contributed by atoms with E-state index in [0.717, 1.165) is 49.8 Å². The molecule has 4 nitrogen and oxygen atoms in total. The van der Waals surface area contributed by atoms with Crippen LogP contribution in [0, 0.1) is 5.82 Å². The zero-order valence-electron chi connectivity index (χ0n) is 14.3. The predicted molar refractivity (Wildman–Crippen MR) is 94.2 cm³/mol. The number of carbonyl (C=O) groups excluding carboxylic acids is 1. The lowest BCUT2D eigenvalue weighted by Gasteiger charge is -2.23. The highest BCUT2D eigenvalue weighted by atomic mass is 35.5. The first-order valence-electron chi connectivity index (χ1n) is 8.85. The fourth-order valence-corrected chi connectivity index (χ4v) is 3.91. The smallest absolute Gasteiger partial charge is 0.275 e. The van der Waals surface area contributed by atoms with E-state index >= 15 is 0 Å². The average Bonchev–Trinajstić information content (AvgIpc) is 3.38. The Kier molecular flexibility index (Phi) is 4.28. The number of halogens is 2. The minimum absolute atomic E-state index is 0.0967. The van der Waals surface area contributed by atoms with Gasteiger partial charge in [0.05, 0.1) is 6.54 Å². The van der Waals surface area contributed by atoms with Crippen molar-refractivity contribution in [2.45, 2.75) is 51.1 Å². The molecule has 0 aliphatic heterocycles. The zero-order chi connectivity index (χ0) is 17.6. The number of aryl methyl sites for hydroxylation is 1. The number of benzene rings is 1. The Labute approximate surface area is 151 Å². The molecule has 0 N–H and O–H groups in total. The minimum atomic E-state index is -0.367. The van der Waals surface area contributed by atoms with Crippen LogP contribution in [0.1, 0.15) is 53.0 Å². The molecule has 1 aromatic carbocycles. The van der Waals surface area contributed by atoms with Crippen molar-refractivity contribution in [3.8, 4) is 0 Å². The molecule has 4 rings (SSSR count). The number of fused-ring (bicyclic) bond motifs is 1. The van der Waals surface area contributed by atoms with Gasteiger partial charge < -0.3 is 4.90 Å². The number of aromatic nitrogens is 2. The maximum Gasteiger partial charge on any atom is 0.275 e. The van der Waals surface area contributed by atoms with Crippen LogP contribution >= 0.6 is 11.6 Å². The average molecular weight is 362 g/mol. The van der Waals surface area contributed by atoms with Gasteiger partial charge in [0.15, 0.2) is 5.69 Å². The Bertz CT molecular complexity index is 808. The summed E-state index contributed by atoms with van der Waals surface area (Å²) >= 11 is 6.17. The van der Waals surface area contributed by atoms with E-state index in [1.165, 1.54) is 6.07 Å². The molecule has 2 aliphatic rings. The molecule has 25 heavy (non-hydrogen) atoms. The number of hydrogen-bond acceptors (Lipinski definition) is 2. The third kappa shape index (κ3) is 3.06. The maximum absolute atomic E-state index is 14.2. The molecule has 1 heterocycles. The highest BCUT2D eigenvalue weighted by Crippen LogP contribution is 2.33. The number of carbonyl (C=O) groups is 1. The van der Waals surface area contributed by atoms with Crippen LogP contribution in [0.5, 0.6) is 0 Å². The summed E-state index contributed by atoms with van der Waals surface area (Å²) < 4.78 is 16.0. The van der Waals surface area contributed by atoms with Crippen molar-refractivity contribution in [1.29, 1.82) is 0 Å². The molecule has 1 amide bonds. The summed E-state index contributed by atoms with van der Waals surface area (Å²) in [7, 11) is 1.90.